The topological polar surface area (TPSA) is 80.4 Å². The molecule has 7 heteroatoms. The van der Waals surface area contributed by atoms with E-state index in [1.54, 1.807) is 12.1 Å². The minimum Gasteiger partial charge on any atom is -0.385 e. The van der Waals surface area contributed by atoms with Crippen LogP contribution in [0, 0.1) is 10.1 Å². The van der Waals surface area contributed by atoms with Crippen LogP contribution in [0.3, 0.4) is 0 Å². The number of carbonyl (C=O) groups is 1. The summed E-state index contributed by atoms with van der Waals surface area (Å²) in [6.45, 7) is 1.48. The zero-order valence-electron chi connectivity index (χ0n) is 16.3. The molecule has 2 aromatic rings. The number of anilines is 1. The van der Waals surface area contributed by atoms with Crippen LogP contribution in [0.1, 0.15) is 50.3 Å². The molecule has 2 heterocycles. The third-order valence-corrected chi connectivity index (χ3v) is 5.37. The average Bonchev–Trinajstić information content (AvgIpc) is 2.97. The number of aromatic nitrogens is 1. The summed E-state index contributed by atoms with van der Waals surface area (Å²) in [5, 5.41) is 13.9. The third-order valence-electron chi connectivity index (χ3n) is 5.37. The van der Waals surface area contributed by atoms with Crippen molar-refractivity contribution in [2.45, 2.75) is 44.6 Å². The van der Waals surface area contributed by atoms with E-state index in [4.69, 9.17) is 0 Å². The fraction of sp³-hybridized carbons (Fsp3) is 0.476. The smallest absolute Gasteiger partial charge is 0.269 e. The number of benzene rings is 1. The van der Waals surface area contributed by atoms with Gasteiger partial charge in [-0.05, 0) is 43.5 Å². The molecule has 1 saturated heterocycles. The summed E-state index contributed by atoms with van der Waals surface area (Å²) in [5.74, 6) is 0.207. The first-order valence-corrected chi connectivity index (χ1v) is 9.95. The zero-order valence-corrected chi connectivity index (χ0v) is 16.3. The summed E-state index contributed by atoms with van der Waals surface area (Å²) in [6, 6.07) is 10.7. The molecule has 1 aromatic heterocycles. The number of nitro groups is 1. The molecular weight excluding hydrogens is 356 g/mol. The van der Waals surface area contributed by atoms with Gasteiger partial charge in [0.25, 0.3) is 5.69 Å². The van der Waals surface area contributed by atoms with Gasteiger partial charge in [0.1, 0.15) is 0 Å². The summed E-state index contributed by atoms with van der Waals surface area (Å²) < 4.78 is 2.12. The lowest BCUT2D eigenvalue weighted by Crippen LogP contribution is -2.35. The second kappa shape index (κ2) is 9.39. The second-order valence-electron chi connectivity index (χ2n) is 7.33. The van der Waals surface area contributed by atoms with E-state index in [2.05, 4.69) is 20.9 Å². The Labute approximate surface area is 165 Å². The molecule has 1 amide bonds. The Morgan fingerprint density at radius 1 is 1.21 bits per heavy atom. The number of nitro benzene ring substituents is 1. The molecule has 1 aliphatic rings. The third kappa shape index (κ3) is 4.91. The lowest BCUT2D eigenvalue weighted by molar-refractivity contribution is -0.384. The number of amides is 1. The van der Waals surface area contributed by atoms with Gasteiger partial charge in [0.05, 0.1) is 11.0 Å². The van der Waals surface area contributed by atoms with E-state index < -0.39 is 4.92 Å². The number of likely N-dealkylation sites (tertiary alicyclic amines) is 1. The molecule has 3 rings (SSSR count). The van der Waals surface area contributed by atoms with Gasteiger partial charge in [-0.2, -0.15) is 0 Å². The van der Waals surface area contributed by atoms with Gasteiger partial charge >= 0.3 is 0 Å². The minimum atomic E-state index is -0.410. The molecule has 7 nitrogen and oxygen atoms in total. The van der Waals surface area contributed by atoms with Gasteiger partial charge in [-0.15, -0.1) is 0 Å². The van der Waals surface area contributed by atoms with E-state index in [9.17, 15) is 14.9 Å². The maximum absolute atomic E-state index is 12.9. The first-order chi connectivity index (χ1) is 13.6. The van der Waals surface area contributed by atoms with Gasteiger partial charge in [-0.1, -0.05) is 12.8 Å². The van der Waals surface area contributed by atoms with Crippen molar-refractivity contribution in [2.24, 2.45) is 7.05 Å². The van der Waals surface area contributed by atoms with Crippen LogP contribution < -0.4 is 5.32 Å². The van der Waals surface area contributed by atoms with Crippen molar-refractivity contribution in [3.63, 3.8) is 0 Å². The standard InChI is InChI=1S/C21H28N4O3/c1-23-15-6-8-19(23)20-7-3-2-4-16-24(20)21(26)9-5-14-22-17-10-12-18(13-11-17)25(27)28/h6,8,10-13,15,20,22H,2-5,7,9,14,16H2,1H3. The van der Waals surface area contributed by atoms with E-state index in [0.717, 1.165) is 37.9 Å². The van der Waals surface area contributed by atoms with Crippen LogP contribution in [0.15, 0.2) is 42.6 Å². The van der Waals surface area contributed by atoms with Crippen molar-refractivity contribution in [2.75, 3.05) is 18.4 Å². The number of nitrogens with zero attached hydrogens (tertiary/aromatic N) is 3. The SMILES string of the molecule is Cn1cccc1C1CCCCCN1C(=O)CCCNc1ccc([N+](=O)[O-])cc1. The predicted octanol–water partition coefficient (Wildman–Crippen LogP) is 4.27. The second-order valence-corrected chi connectivity index (χ2v) is 7.33. The first-order valence-electron chi connectivity index (χ1n) is 9.95. The zero-order chi connectivity index (χ0) is 19.9. The Bertz CT molecular complexity index is 800. The molecule has 0 spiro atoms. The van der Waals surface area contributed by atoms with Crippen LogP contribution in [0.2, 0.25) is 0 Å². The van der Waals surface area contributed by atoms with Crippen LogP contribution in [0.4, 0.5) is 11.4 Å². The molecule has 0 bridgehead atoms. The van der Waals surface area contributed by atoms with Crippen molar-refractivity contribution < 1.29 is 9.72 Å². The first kappa shape index (κ1) is 19.9. The lowest BCUT2D eigenvalue weighted by Gasteiger charge is -2.31. The van der Waals surface area contributed by atoms with Crippen molar-refractivity contribution in [1.29, 1.82) is 0 Å². The van der Waals surface area contributed by atoms with Gasteiger partial charge in [-0.3, -0.25) is 14.9 Å². The van der Waals surface area contributed by atoms with Crippen LogP contribution >= 0.6 is 0 Å². The van der Waals surface area contributed by atoms with Crippen molar-refractivity contribution >= 4 is 17.3 Å². The number of aryl methyl sites for hydroxylation is 1. The van der Waals surface area contributed by atoms with E-state index in [-0.39, 0.29) is 17.6 Å². The summed E-state index contributed by atoms with van der Waals surface area (Å²) in [7, 11) is 2.04. The van der Waals surface area contributed by atoms with Crippen LogP contribution in [-0.2, 0) is 11.8 Å². The highest BCUT2D eigenvalue weighted by Gasteiger charge is 2.27. The van der Waals surface area contributed by atoms with Crippen molar-refractivity contribution in [3.8, 4) is 0 Å². The van der Waals surface area contributed by atoms with E-state index in [1.807, 2.05) is 19.3 Å². The van der Waals surface area contributed by atoms with E-state index in [0.29, 0.717) is 13.0 Å². The van der Waals surface area contributed by atoms with Crippen LogP contribution in [0.5, 0.6) is 0 Å². The van der Waals surface area contributed by atoms with Gasteiger partial charge in [-0.25, -0.2) is 0 Å². The summed E-state index contributed by atoms with van der Waals surface area (Å²) in [4.78, 5) is 25.3. The molecule has 1 N–H and O–H groups in total. The Balaban J connectivity index is 1.52. The highest BCUT2D eigenvalue weighted by molar-refractivity contribution is 5.76. The molecule has 1 fully saturated rings. The highest BCUT2D eigenvalue weighted by Crippen LogP contribution is 2.30. The van der Waals surface area contributed by atoms with Crippen molar-refractivity contribution in [1.82, 2.24) is 9.47 Å². The fourth-order valence-corrected chi connectivity index (χ4v) is 3.85. The summed E-state index contributed by atoms with van der Waals surface area (Å²) >= 11 is 0. The Kier molecular flexibility index (Phi) is 6.68. The fourth-order valence-electron chi connectivity index (χ4n) is 3.85. The van der Waals surface area contributed by atoms with E-state index >= 15 is 0 Å². The van der Waals surface area contributed by atoms with Crippen LogP contribution in [0.25, 0.3) is 0 Å². The minimum absolute atomic E-state index is 0.0774. The number of hydrogen-bond acceptors (Lipinski definition) is 4. The molecular formula is C21H28N4O3. The molecule has 1 atom stereocenters. The van der Waals surface area contributed by atoms with Gasteiger partial charge in [0, 0.05) is 56.3 Å². The number of carbonyl (C=O) groups excluding carboxylic acids is 1. The number of nitrogens with one attached hydrogen (secondary N) is 1. The van der Waals surface area contributed by atoms with Gasteiger partial charge in [0.15, 0.2) is 0 Å². The van der Waals surface area contributed by atoms with E-state index in [1.165, 1.54) is 24.2 Å². The van der Waals surface area contributed by atoms with Gasteiger partial charge < -0.3 is 14.8 Å². The summed E-state index contributed by atoms with van der Waals surface area (Å²) in [5.41, 5.74) is 2.11. The number of non-ortho nitro benzene ring substituents is 1. The number of rotatable bonds is 7. The van der Waals surface area contributed by atoms with Crippen LogP contribution in [-0.4, -0.2) is 33.4 Å². The van der Waals surface area contributed by atoms with Gasteiger partial charge in [0.2, 0.25) is 5.91 Å². The number of hydrogen-bond donors (Lipinski definition) is 1. The Morgan fingerprint density at radius 3 is 2.68 bits per heavy atom. The maximum atomic E-state index is 12.9. The Morgan fingerprint density at radius 2 is 2.00 bits per heavy atom. The molecule has 1 aromatic carbocycles. The normalized spacial score (nSPS) is 17.2. The predicted molar refractivity (Wildman–Crippen MR) is 109 cm³/mol. The maximum Gasteiger partial charge on any atom is 0.269 e. The largest absolute Gasteiger partial charge is 0.385 e. The molecule has 1 unspecified atom stereocenters. The molecule has 28 heavy (non-hydrogen) atoms. The average molecular weight is 384 g/mol. The molecule has 150 valence electrons. The molecule has 0 radical (unpaired) electrons. The van der Waals surface area contributed by atoms with Crippen molar-refractivity contribution in [3.05, 3.63) is 58.4 Å². The highest BCUT2D eigenvalue weighted by atomic mass is 16.6. The monoisotopic (exact) mass is 384 g/mol. The molecule has 1 aliphatic heterocycles. The molecule has 0 saturated carbocycles. The quantitative estimate of drug-likeness (QED) is 0.439. The summed E-state index contributed by atoms with van der Waals surface area (Å²) in [6.07, 6.45) is 7.68. The Hall–Kier alpha value is -2.83. The lowest BCUT2D eigenvalue weighted by atomic mass is 10.1. The molecule has 0 aliphatic carbocycles.